The van der Waals surface area contributed by atoms with Crippen molar-refractivity contribution in [2.75, 3.05) is 0 Å². The maximum Gasteiger partial charge on any atom is 0.405 e. The van der Waals surface area contributed by atoms with Crippen LogP contribution < -0.4 is 0 Å². The molecule has 0 bridgehead atoms. The van der Waals surface area contributed by atoms with Gasteiger partial charge in [-0.1, -0.05) is 0 Å². The Labute approximate surface area is 65.2 Å². The highest BCUT2D eigenvalue weighted by atomic mass is 19.4. The number of aliphatic carboxylic acids is 1. The summed E-state index contributed by atoms with van der Waals surface area (Å²) in [5.41, 5.74) is -2.80. The van der Waals surface area contributed by atoms with Gasteiger partial charge in [0, 0.05) is 12.8 Å². The van der Waals surface area contributed by atoms with Crippen molar-refractivity contribution >= 4 is 11.8 Å². The molecule has 0 spiro atoms. The summed E-state index contributed by atoms with van der Waals surface area (Å²) in [4.78, 5) is 20.5. The molecule has 0 radical (unpaired) electrons. The highest BCUT2D eigenvalue weighted by Crippen LogP contribution is 2.51. The molecule has 0 saturated heterocycles. The van der Waals surface area contributed by atoms with E-state index in [1.54, 1.807) is 0 Å². The van der Waals surface area contributed by atoms with Crippen LogP contribution in [0, 0.1) is 5.41 Å². The first-order chi connectivity index (χ1) is 5.29. The standard InChI is InChI=1S/C6H5F3O3/c7-6(8,9)5(4(11)12)1-3(10)2-5/h1-2H2,(H,11,12). The molecule has 12 heavy (non-hydrogen) atoms. The first-order valence-electron chi connectivity index (χ1n) is 3.11. The second kappa shape index (κ2) is 2.21. The molecular weight excluding hydrogens is 177 g/mol. The first-order valence-corrected chi connectivity index (χ1v) is 3.11. The van der Waals surface area contributed by atoms with Crippen LogP contribution in [0.15, 0.2) is 0 Å². The van der Waals surface area contributed by atoms with Crippen molar-refractivity contribution in [3.05, 3.63) is 0 Å². The van der Waals surface area contributed by atoms with Crippen LogP contribution in [0.25, 0.3) is 0 Å². The summed E-state index contributed by atoms with van der Waals surface area (Å²) >= 11 is 0. The van der Waals surface area contributed by atoms with Crippen LogP contribution in [-0.4, -0.2) is 23.0 Å². The molecule has 1 rings (SSSR count). The van der Waals surface area contributed by atoms with E-state index in [-0.39, 0.29) is 0 Å². The number of rotatable bonds is 1. The van der Waals surface area contributed by atoms with Crippen LogP contribution in [0.2, 0.25) is 0 Å². The van der Waals surface area contributed by atoms with E-state index in [0.29, 0.717) is 0 Å². The van der Waals surface area contributed by atoms with Gasteiger partial charge < -0.3 is 5.11 Å². The van der Waals surface area contributed by atoms with E-state index in [2.05, 4.69) is 0 Å². The minimum atomic E-state index is -4.83. The van der Waals surface area contributed by atoms with Gasteiger partial charge in [-0.15, -0.1) is 0 Å². The van der Waals surface area contributed by atoms with Gasteiger partial charge in [-0.25, -0.2) is 0 Å². The molecule has 3 nitrogen and oxygen atoms in total. The Morgan fingerprint density at radius 3 is 1.92 bits per heavy atom. The van der Waals surface area contributed by atoms with Crippen LogP contribution in [-0.2, 0) is 9.59 Å². The summed E-state index contributed by atoms with van der Waals surface area (Å²) in [7, 11) is 0. The molecule has 68 valence electrons. The van der Waals surface area contributed by atoms with Crippen molar-refractivity contribution in [3.63, 3.8) is 0 Å². The van der Waals surface area contributed by atoms with Crippen molar-refractivity contribution in [3.8, 4) is 0 Å². The van der Waals surface area contributed by atoms with Gasteiger partial charge in [-0.2, -0.15) is 13.2 Å². The molecule has 0 aromatic carbocycles. The molecule has 1 aliphatic carbocycles. The Morgan fingerprint density at radius 2 is 1.83 bits per heavy atom. The van der Waals surface area contributed by atoms with Gasteiger partial charge >= 0.3 is 12.1 Å². The van der Waals surface area contributed by atoms with E-state index < -0.39 is 36.2 Å². The fourth-order valence-electron chi connectivity index (χ4n) is 1.09. The fourth-order valence-corrected chi connectivity index (χ4v) is 1.09. The van der Waals surface area contributed by atoms with Crippen molar-refractivity contribution < 1.29 is 27.9 Å². The maximum atomic E-state index is 12.0. The van der Waals surface area contributed by atoms with Gasteiger partial charge in [0.25, 0.3) is 0 Å². The molecule has 0 aliphatic heterocycles. The van der Waals surface area contributed by atoms with Crippen molar-refractivity contribution in [2.45, 2.75) is 19.0 Å². The third-order valence-corrected chi connectivity index (χ3v) is 1.95. The van der Waals surface area contributed by atoms with E-state index in [9.17, 15) is 22.8 Å². The molecular formula is C6H5F3O3. The number of carbonyl (C=O) groups excluding carboxylic acids is 1. The third-order valence-electron chi connectivity index (χ3n) is 1.95. The molecule has 0 unspecified atom stereocenters. The lowest BCUT2D eigenvalue weighted by molar-refractivity contribution is -0.246. The van der Waals surface area contributed by atoms with Crippen molar-refractivity contribution in [1.82, 2.24) is 0 Å². The zero-order valence-corrected chi connectivity index (χ0v) is 5.81. The third kappa shape index (κ3) is 0.981. The van der Waals surface area contributed by atoms with E-state index in [1.807, 2.05) is 0 Å². The lowest BCUT2D eigenvalue weighted by Gasteiger charge is -2.37. The van der Waals surface area contributed by atoms with Crippen LogP contribution >= 0.6 is 0 Å². The molecule has 1 fully saturated rings. The van der Waals surface area contributed by atoms with Gasteiger partial charge in [-0.3, -0.25) is 9.59 Å². The van der Waals surface area contributed by atoms with E-state index >= 15 is 0 Å². The van der Waals surface area contributed by atoms with Crippen LogP contribution in [0.5, 0.6) is 0 Å². The number of ketones is 1. The SMILES string of the molecule is O=C1CC(C(=O)O)(C(F)(F)F)C1. The molecule has 0 heterocycles. The van der Waals surface area contributed by atoms with Gasteiger partial charge in [0.05, 0.1) is 0 Å². The zero-order valence-electron chi connectivity index (χ0n) is 5.81. The predicted molar refractivity (Wildman–Crippen MR) is 30.4 cm³/mol. The summed E-state index contributed by atoms with van der Waals surface area (Å²) in [6.07, 6.45) is -6.68. The smallest absolute Gasteiger partial charge is 0.405 e. The number of alkyl halides is 3. The Hall–Kier alpha value is -1.07. The van der Waals surface area contributed by atoms with Crippen LogP contribution in [0.3, 0.4) is 0 Å². The maximum absolute atomic E-state index is 12.0. The Kier molecular flexibility index (Phi) is 1.66. The number of hydrogen-bond donors (Lipinski definition) is 1. The summed E-state index contributed by atoms with van der Waals surface area (Å²) in [6.45, 7) is 0. The predicted octanol–water partition coefficient (Wildman–Crippen LogP) is 0.983. The molecule has 1 N–H and O–H groups in total. The minimum absolute atomic E-state index is 0.658. The lowest BCUT2D eigenvalue weighted by Crippen LogP contribution is -2.54. The van der Waals surface area contributed by atoms with Crippen LogP contribution in [0.4, 0.5) is 13.2 Å². The summed E-state index contributed by atoms with van der Waals surface area (Å²) in [5, 5.41) is 8.26. The summed E-state index contributed by atoms with van der Waals surface area (Å²) in [5.74, 6) is -2.62. The van der Waals surface area contributed by atoms with E-state index in [1.165, 1.54) is 0 Å². The number of halogens is 3. The molecule has 0 aromatic rings. The number of carboxylic acid groups (broad SMARTS) is 1. The molecule has 0 atom stereocenters. The quantitative estimate of drug-likeness (QED) is 0.657. The first kappa shape index (κ1) is 9.02. The summed E-state index contributed by atoms with van der Waals surface area (Å²) < 4.78 is 36.1. The van der Waals surface area contributed by atoms with E-state index in [0.717, 1.165) is 0 Å². The summed E-state index contributed by atoms with van der Waals surface area (Å²) in [6, 6.07) is 0. The van der Waals surface area contributed by atoms with Crippen molar-refractivity contribution in [2.24, 2.45) is 5.41 Å². The Bertz CT molecular complexity index is 235. The Balaban J connectivity index is 2.92. The second-order valence-electron chi connectivity index (χ2n) is 2.78. The fraction of sp³-hybridized carbons (Fsp3) is 0.667. The minimum Gasteiger partial charge on any atom is -0.481 e. The molecule has 0 aromatic heterocycles. The number of carboxylic acids is 1. The van der Waals surface area contributed by atoms with Crippen LogP contribution in [0.1, 0.15) is 12.8 Å². The molecule has 1 aliphatic rings. The van der Waals surface area contributed by atoms with Gasteiger partial charge in [0.15, 0.2) is 5.41 Å². The van der Waals surface area contributed by atoms with E-state index in [4.69, 9.17) is 5.11 Å². The average Bonchev–Trinajstić information content (AvgIpc) is 1.76. The molecule has 1 saturated carbocycles. The van der Waals surface area contributed by atoms with Gasteiger partial charge in [0.2, 0.25) is 0 Å². The average molecular weight is 182 g/mol. The second-order valence-corrected chi connectivity index (χ2v) is 2.78. The number of carbonyl (C=O) groups is 2. The number of hydrogen-bond acceptors (Lipinski definition) is 2. The lowest BCUT2D eigenvalue weighted by atomic mass is 9.67. The monoisotopic (exact) mass is 182 g/mol. The van der Waals surface area contributed by atoms with Gasteiger partial charge in [0.1, 0.15) is 5.78 Å². The zero-order chi connectivity index (χ0) is 9.57. The highest BCUT2D eigenvalue weighted by Gasteiger charge is 2.67. The Morgan fingerprint density at radius 1 is 1.42 bits per heavy atom. The van der Waals surface area contributed by atoms with Gasteiger partial charge in [-0.05, 0) is 0 Å². The molecule has 0 amide bonds. The highest BCUT2D eigenvalue weighted by molar-refractivity contribution is 5.97. The number of Topliss-reactive ketones (excluding diaryl/α,β-unsaturated/α-hetero) is 1. The largest absolute Gasteiger partial charge is 0.481 e. The molecule has 6 heteroatoms. The topological polar surface area (TPSA) is 54.4 Å². The normalized spacial score (nSPS) is 21.8. The van der Waals surface area contributed by atoms with Crippen molar-refractivity contribution in [1.29, 1.82) is 0 Å².